The van der Waals surface area contributed by atoms with E-state index in [0.717, 1.165) is 49.8 Å². The quantitative estimate of drug-likeness (QED) is 0.782. The third kappa shape index (κ3) is 4.40. The predicted molar refractivity (Wildman–Crippen MR) is 107 cm³/mol. The van der Waals surface area contributed by atoms with Crippen molar-refractivity contribution in [1.82, 2.24) is 4.90 Å². The zero-order valence-electron chi connectivity index (χ0n) is 16.9. The number of hydrogen-bond acceptors (Lipinski definition) is 5. The average molecular weight is 399 g/mol. The Balaban J connectivity index is 1.29. The molecule has 1 saturated heterocycles. The molecule has 4 rings (SSSR count). The van der Waals surface area contributed by atoms with E-state index in [9.17, 15) is 4.79 Å². The van der Waals surface area contributed by atoms with E-state index >= 15 is 0 Å². The highest BCUT2D eigenvalue weighted by Crippen LogP contribution is 2.32. The molecule has 2 aromatic rings. The van der Waals surface area contributed by atoms with Gasteiger partial charge in [-0.3, -0.25) is 4.79 Å². The summed E-state index contributed by atoms with van der Waals surface area (Å²) in [5, 5.41) is 0. The fourth-order valence-corrected chi connectivity index (χ4v) is 3.87. The highest BCUT2D eigenvalue weighted by molar-refractivity contribution is 5.79. The zero-order valence-corrected chi connectivity index (χ0v) is 16.9. The lowest BCUT2D eigenvalue weighted by Gasteiger charge is -2.32. The Morgan fingerprint density at radius 3 is 2.45 bits per heavy atom. The van der Waals surface area contributed by atoms with Crippen LogP contribution in [-0.4, -0.2) is 58.0 Å². The second kappa shape index (κ2) is 8.61. The SMILES string of the molecule is COc1ccc(CC(=O)N2CC[NH+](Cc3ccc4c(c3)OCO4)CC2)cc1OC. The van der Waals surface area contributed by atoms with E-state index in [2.05, 4.69) is 12.1 Å². The first kappa shape index (κ1) is 19.4. The summed E-state index contributed by atoms with van der Waals surface area (Å²) >= 11 is 0. The molecule has 0 unspecified atom stereocenters. The number of nitrogens with one attached hydrogen (secondary N) is 1. The number of carbonyl (C=O) groups excluding carboxylic acids is 1. The highest BCUT2D eigenvalue weighted by Gasteiger charge is 2.24. The molecule has 0 aliphatic carbocycles. The molecule has 1 N–H and O–H groups in total. The largest absolute Gasteiger partial charge is 0.493 e. The van der Waals surface area contributed by atoms with Crippen LogP contribution in [0.3, 0.4) is 0 Å². The predicted octanol–water partition coefficient (Wildman–Crippen LogP) is 0.902. The maximum Gasteiger partial charge on any atom is 0.231 e. The molecule has 0 spiro atoms. The Morgan fingerprint density at radius 1 is 0.966 bits per heavy atom. The molecule has 1 fully saturated rings. The summed E-state index contributed by atoms with van der Waals surface area (Å²) < 4.78 is 21.4. The van der Waals surface area contributed by atoms with Gasteiger partial charge in [0.1, 0.15) is 6.54 Å². The fraction of sp³-hybridized carbons (Fsp3) is 0.409. The van der Waals surface area contributed by atoms with Gasteiger partial charge in [0.25, 0.3) is 0 Å². The fourth-order valence-electron chi connectivity index (χ4n) is 3.87. The standard InChI is InChI=1S/C22H26N2O5/c1-26-18-5-3-16(11-20(18)27-2)13-22(25)24-9-7-23(8-10-24)14-17-4-6-19-21(12-17)29-15-28-19/h3-6,11-12H,7-10,13-15H2,1-2H3/p+1. The summed E-state index contributed by atoms with van der Waals surface area (Å²) in [5.74, 6) is 3.11. The van der Waals surface area contributed by atoms with E-state index in [-0.39, 0.29) is 5.91 Å². The number of amides is 1. The van der Waals surface area contributed by atoms with Crippen LogP contribution in [0.15, 0.2) is 36.4 Å². The number of nitrogens with zero attached hydrogens (tertiary/aromatic N) is 1. The number of ether oxygens (including phenoxy) is 4. The van der Waals surface area contributed by atoms with Crippen molar-refractivity contribution in [2.24, 2.45) is 0 Å². The Bertz CT molecular complexity index is 878. The lowest BCUT2D eigenvalue weighted by Crippen LogP contribution is -3.13. The number of quaternary nitrogens is 1. The molecule has 2 aliphatic heterocycles. The molecule has 2 heterocycles. The minimum absolute atomic E-state index is 0.152. The van der Waals surface area contributed by atoms with Gasteiger partial charge >= 0.3 is 0 Å². The number of fused-ring (bicyclic) bond motifs is 1. The maximum atomic E-state index is 12.7. The number of benzene rings is 2. The monoisotopic (exact) mass is 399 g/mol. The topological polar surface area (TPSA) is 61.7 Å². The first-order valence-corrected chi connectivity index (χ1v) is 9.87. The van der Waals surface area contributed by atoms with Crippen LogP contribution in [0.5, 0.6) is 23.0 Å². The number of carbonyl (C=O) groups is 1. The van der Waals surface area contributed by atoms with E-state index in [1.54, 1.807) is 14.2 Å². The molecule has 0 saturated carbocycles. The van der Waals surface area contributed by atoms with Gasteiger partial charge in [0, 0.05) is 5.56 Å². The van der Waals surface area contributed by atoms with E-state index in [0.29, 0.717) is 24.7 Å². The van der Waals surface area contributed by atoms with E-state index in [4.69, 9.17) is 18.9 Å². The van der Waals surface area contributed by atoms with Gasteiger partial charge in [-0.2, -0.15) is 0 Å². The van der Waals surface area contributed by atoms with Crippen LogP contribution in [0.25, 0.3) is 0 Å². The van der Waals surface area contributed by atoms with Crippen LogP contribution in [0.2, 0.25) is 0 Å². The van der Waals surface area contributed by atoms with Gasteiger partial charge in [0.05, 0.1) is 46.8 Å². The maximum absolute atomic E-state index is 12.7. The number of hydrogen-bond donors (Lipinski definition) is 1. The zero-order chi connectivity index (χ0) is 20.2. The Labute approximate surface area is 170 Å². The van der Waals surface area contributed by atoms with Crippen molar-refractivity contribution in [3.8, 4) is 23.0 Å². The smallest absolute Gasteiger partial charge is 0.231 e. The van der Waals surface area contributed by atoms with Gasteiger partial charge in [-0.25, -0.2) is 0 Å². The third-order valence-corrected chi connectivity index (χ3v) is 5.52. The average Bonchev–Trinajstić information content (AvgIpc) is 3.22. The Kier molecular flexibility index (Phi) is 5.76. The normalized spacial score (nSPS) is 16.0. The highest BCUT2D eigenvalue weighted by atomic mass is 16.7. The Hall–Kier alpha value is -2.93. The summed E-state index contributed by atoms with van der Waals surface area (Å²) in [6, 6.07) is 11.8. The molecular weight excluding hydrogens is 372 g/mol. The molecule has 7 heteroatoms. The number of methoxy groups -OCH3 is 2. The van der Waals surface area contributed by atoms with Gasteiger partial charge in [-0.15, -0.1) is 0 Å². The van der Waals surface area contributed by atoms with Crippen molar-refractivity contribution in [2.45, 2.75) is 13.0 Å². The third-order valence-electron chi connectivity index (χ3n) is 5.52. The lowest BCUT2D eigenvalue weighted by molar-refractivity contribution is -0.917. The molecule has 2 aromatic carbocycles. The van der Waals surface area contributed by atoms with Gasteiger partial charge in [-0.05, 0) is 35.9 Å². The molecule has 7 nitrogen and oxygen atoms in total. The number of rotatable bonds is 6. The van der Waals surface area contributed by atoms with E-state index < -0.39 is 0 Å². The van der Waals surface area contributed by atoms with E-state index in [1.807, 2.05) is 29.2 Å². The summed E-state index contributed by atoms with van der Waals surface area (Å²) in [5.41, 5.74) is 2.16. The summed E-state index contributed by atoms with van der Waals surface area (Å²) in [4.78, 5) is 16.2. The van der Waals surface area contributed by atoms with Crippen LogP contribution < -0.4 is 23.8 Å². The molecule has 0 radical (unpaired) electrons. The van der Waals surface area contributed by atoms with Crippen molar-refractivity contribution in [3.05, 3.63) is 47.5 Å². The number of piperazine rings is 1. The van der Waals surface area contributed by atoms with Crippen molar-refractivity contribution in [3.63, 3.8) is 0 Å². The van der Waals surface area contributed by atoms with Crippen molar-refractivity contribution in [1.29, 1.82) is 0 Å². The molecule has 29 heavy (non-hydrogen) atoms. The van der Waals surface area contributed by atoms with Crippen LogP contribution in [0.4, 0.5) is 0 Å². The Morgan fingerprint density at radius 2 is 1.69 bits per heavy atom. The van der Waals surface area contributed by atoms with Crippen molar-refractivity contribution >= 4 is 5.91 Å². The molecule has 154 valence electrons. The second-order valence-corrected chi connectivity index (χ2v) is 7.36. The first-order valence-electron chi connectivity index (χ1n) is 9.87. The molecule has 0 bridgehead atoms. The second-order valence-electron chi connectivity index (χ2n) is 7.36. The summed E-state index contributed by atoms with van der Waals surface area (Å²) in [6.45, 7) is 4.64. The van der Waals surface area contributed by atoms with Crippen LogP contribution >= 0.6 is 0 Å². The van der Waals surface area contributed by atoms with E-state index in [1.165, 1.54) is 10.5 Å². The molecule has 2 aliphatic rings. The molecule has 0 atom stereocenters. The van der Waals surface area contributed by atoms with Crippen LogP contribution in [0.1, 0.15) is 11.1 Å². The molecule has 0 aromatic heterocycles. The lowest BCUT2D eigenvalue weighted by atomic mass is 10.1. The summed E-state index contributed by atoms with van der Waals surface area (Å²) in [6.07, 6.45) is 0.373. The molecular formula is C22H27N2O5+. The van der Waals surface area contributed by atoms with Gasteiger partial charge < -0.3 is 28.7 Å². The van der Waals surface area contributed by atoms with Crippen LogP contribution in [0, 0.1) is 0 Å². The van der Waals surface area contributed by atoms with Gasteiger partial charge in [0.15, 0.2) is 23.0 Å². The van der Waals surface area contributed by atoms with Gasteiger partial charge in [-0.1, -0.05) is 6.07 Å². The van der Waals surface area contributed by atoms with Crippen LogP contribution in [-0.2, 0) is 17.8 Å². The minimum Gasteiger partial charge on any atom is -0.493 e. The van der Waals surface area contributed by atoms with Crippen molar-refractivity contribution in [2.75, 3.05) is 47.2 Å². The summed E-state index contributed by atoms with van der Waals surface area (Å²) in [7, 11) is 3.21. The molecule has 1 amide bonds. The van der Waals surface area contributed by atoms with Gasteiger partial charge in [0.2, 0.25) is 12.7 Å². The van der Waals surface area contributed by atoms with Crippen molar-refractivity contribution < 1.29 is 28.6 Å². The minimum atomic E-state index is 0.152. The first-order chi connectivity index (χ1) is 14.2.